The molecule has 0 fully saturated rings. The summed E-state index contributed by atoms with van der Waals surface area (Å²) < 4.78 is 11.0. The highest BCUT2D eigenvalue weighted by atomic mass is 35.5. The van der Waals surface area contributed by atoms with Crippen molar-refractivity contribution in [2.75, 3.05) is 6.61 Å². The van der Waals surface area contributed by atoms with Crippen LogP contribution in [-0.2, 0) is 6.42 Å². The second-order valence-corrected chi connectivity index (χ2v) is 5.75. The second kappa shape index (κ2) is 7.37. The van der Waals surface area contributed by atoms with E-state index in [1.165, 1.54) is 6.07 Å². The highest BCUT2D eigenvalue weighted by Gasteiger charge is 2.10. The maximum absolute atomic E-state index is 11.6. The monoisotopic (exact) mass is 340 g/mol. The third-order valence-corrected chi connectivity index (χ3v) is 4.00. The van der Waals surface area contributed by atoms with E-state index in [1.807, 2.05) is 49.4 Å². The minimum atomic E-state index is -0.364. The van der Waals surface area contributed by atoms with Gasteiger partial charge in [0.1, 0.15) is 17.9 Å². The molecule has 122 valence electrons. The van der Waals surface area contributed by atoms with Gasteiger partial charge in [0, 0.05) is 17.5 Å². The van der Waals surface area contributed by atoms with Gasteiger partial charge < -0.3 is 9.15 Å². The molecule has 3 nitrogen and oxygen atoms in total. The Morgan fingerprint density at radius 1 is 1.17 bits per heavy atom. The van der Waals surface area contributed by atoms with Gasteiger partial charge in [-0.15, -0.1) is 0 Å². The van der Waals surface area contributed by atoms with Gasteiger partial charge in [-0.05, 0) is 29.7 Å². The molecule has 24 heavy (non-hydrogen) atoms. The number of halogens is 1. The first kappa shape index (κ1) is 16.3. The lowest BCUT2D eigenvalue weighted by Crippen LogP contribution is -2.01. The van der Waals surface area contributed by atoms with E-state index in [4.69, 9.17) is 20.8 Å². The summed E-state index contributed by atoms with van der Waals surface area (Å²) in [6, 6.07) is 14.9. The molecule has 1 aromatic heterocycles. The molecule has 3 aromatic rings. The molecule has 2 aromatic carbocycles. The summed E-state index contributed by atoms with van der Waals surface area (Å²) in [5.74, 6) is 0.498. The summed E-state index contributed by atoms with van der Waals surface area (Å²) in [4.78, 5) is 11.6. The highest BCUT2D eigenvalue weighted by Crippen LogP contribution is 2.31. The van der Waals surface area contributed by atoms with Crippen molar-refractivity contribution in [1.29, 1.82) is 0 Å². The molecule has 0 bridgehead atoms. The van der Waals surface area contributed by atoms with Crippen LogP contribution in [0.15, 0.2) is 63.8 Å². The molecular formula is C20H17ClO3. The molecule has 0 unspecified atom stereocenters. The van der Waals surface area contributed by atoms with Crippen LogP contribution >= 0.6 is 11.6 Å². The lowest BCUT2D eigenvalue weighted by Gasteiger charge is -2.09. The Hall–Kier alpha value is -2.52. The van der Waals surface area contributed by atoms with E-state index in [2.05, 4.69) is 0 Å². The minimum Gasteiger partial charge on any atom is -0.488 e. The largest absolute Gasteiger partial charge is 0.488 e. The Balaban J connectivity index is 1.81. The van der Waals surface area contributed by atoms with Gasteiger partial charge in [0.05, 0.1) is 5.02 Å². The Labute approximate surface area is 145 Å². The molecule has 0 N–H and O–H groups in total. The zero-order valence-corrected chi connectivity index (χ0v) is 14.0. The van der Waals surface area contributed by atoms with E-state index < -0.39 is 0 Å². The van der Waals surface area contributed by atoms with Crippen molar-refractivity contribution in [1.82, 2.24) is 0 Å². The molecule has 4 heteroatoms. The number of hydrogen-bond acceptors (Lipinski definition) is 3. The summed E-state index contributed by atoms with van der Waals surface area (Å²) in [7, 11) is 0. The number of benzene rings is 2. The van der Waals surface area contributed by atoms with Crippen molar-refractivity contribution < 1.29 is 9.15 Å². The van der Waals surface area contributed by atoms with Gasteiger partial charge in [-0.2, -0.15) is 0 Å². The predicted molar refractivity (Wildman–Crippen MR) is 97.8 cm³/mol. The lowest BCUT2D eigenvalue weighted by molar-refractivity contribution is 0.363. The molecule has 0 amide bonds. The van der Waals surface area contributed by atoms with Crippen LogP contribution < -0.4 is 10.4 Å². The molecule has 0 aliphatic carbocycles. The van der Waals surface area contributed by atoms with Gasteiger partial charge in [-0.3, -0.25) is 0 Å². The van der Waals surface area contributed by atoms with Crippen molar-refractivity contribution in [3.05, 3.63) is 81.2 Å². The fourth-order valence-corrected chi connectivity index (χ4v) is 2.74. The van der Waals surface area contributed by atoms with Gasteiger partial charge in [-0.25, -0.2) is 4.79 Å². The zero-order valence-electron chi connectivity index (χ0n) is 13.3. The van der Waals surface area contributed by atoms with Crippen LogP contribution in [0.2, 0.25) is 5.02 Å². The zero-order chi connectivity index (χ0) is 16.9. The molecular weight excluding hydrogens is 324 g/mol. The van der Waals surface area contributed by atoms with E-state index in [9.17, 15) is 4.79 Å². The topological polar surface area (TPSA) is 39.4 Å². The highest BCUT2D eigenvalue weighted by molar-refractivity contribution is 6.32. The fourth-order valence-electron chi connectivity index (χ4n) is 2.52. The molecule has 0 radical (unpaired) electrons. The fraction of sp³-hybridized carbons (Fsp3) is 0.150. The summed E-state index contributed by atoms with van der Waals surface area (Å²) in [5, 5.41) is 1.34. The Morgan fingerprint density at radius 2 is 1.96 bits per heavy atom. The average Bonchev–Trinajstić information content (AvgIpc) is 2.59. The standard InChI is InChI=1S/C20H17ClO3/c1-2-15-11-20(22)24-18-13-19(17(21)12-16(15)18)23-10-6-9-14-7-4-3-5-8-14/h3-9,11-13H,2,10H2,1H3/b9-6+. The Kier molecular flexibility index (Phi) is 5.02. The molecule has 3 rings (SSSR count). The summed E-state index contributed by atoms with van der Waals surface area (Å²) in [6.07, 6.45) is 4.62. The third-order valence-electron chi connectivity index (χ3n) is 3.71. The van der Waals surface area contributed by atoms with Crippen LogP contribution in [0, 0.1) is 0 Å². The molecule has 0 aliphatic rings. The maximum atomic E-state index is 11.6. The van der Waals surface area contributed by atoms with Gasteiger partial charge in [-0.1, -0.05) is 54.9 Å². The third kappa shape index (κ3) is 3.69. The van der Waals surface area contributed by atoms with Crippen molar-refractivity contribution in [3.63, 3.8) is 0 Å². The minimum absolute atomic E-state index is 0.364. The van der Waals surface area contributed by atoms with Crippen LogP contribution in [-0.4, -0.2) is 6.61 Å². The van der Waals surface area contributed by atoms with Crippen molar-refractivity contribution in [3.8, 4) is 5.75 Å². The predicted octanol–water partition coefficient (Wildman–Crippen LogP) is 5.10. The van der Waals surface area contributed by atoms with Crippen molar-refractivity contribution in [2.45, 2.75) is 13.3 Å². The number of ether oxygens (including phenoxy) is 1. The first-order valence-corrected chi connectivity index (χ1v) is 8.16. The Bertz CT molecular complexity index is 927. The quantitative estimate of drug-likeness (QED) is 0.606. The van der Waals surface area contributed by atoms with Gasteiger partial charge in [0.2, 0.25) is 0 Å². The Morgan fingerprint density at radius 3 is 2.71 bits per heavy atom. The molecule has 1 heterocycles. The SMILES string of the molecule is CCc1cc(=O)oc2cc(OC/C=C/c3ccccc3)c(Cl)cc12. The number of fused-ring (bicyclic) bond motifs is 1. The van der Waals surface area contributed by atoms with E-state index in [-0.39, 0.29) is 5.63 Å². The first-order valence-electron chi connectivity index (χ1n) is 7.78. The summed E-state index contributed by atoms with van der Waals surface area (Å²) in [5.41, 5.74) is 2.14. The van der Waals surface area contributed by atoms with Crippen LogP contribution in [0.3, 0.4) is 0 Å². The van der Waals surface area contributed by atoms with E-state index in [0.717, 1.165) is 22.9 Å². The molecule has 0 aliphatic heterocycles. The van der Waals surface area contributed by atoms with E-state index in [1.54, 1.807) is 12.1 Å². The van der Waals surface area contributed by atoms with Crippen LogP contribution in [0.5, 0.6) is 5.75 Å². The molecule has 0 saturated carbocycles. The van der Waals surface area contributed by atoms with Crippen LogP contribution in [0.25, 0.3) is 17.0 Å². The average molecular weight is 341 g/mol. The van der Waals surface area contributed by atoms with Crippen molar-refractivity contribution >= 4 is 28.6 Å². The van der Waals surface area contributed by atoms with Gasteiger partial charge in [0.15, 0.2) is 0 Å². The molecule has 0 atom stereocenters. The van der Waals surface area contributed by atoms with E-state index in [0.29, 0.717) is 23.0 Å². The molecule has 0 saturated heterocycles. The van der Waals surface area contributed by atoms with Gasteiger partial charge >= 0.3 is 5.63 Å². The second-order valence-electron chi connectivity index (χ2n) is 5.35. The maximum Gasteiger partial charge on any atom is 0.336 e. The molecule has 0 spiro atoms. The van der Waals surface area contributed by atoms with Crippen molar-refractivity contribution in [2.24, 2.45) is 0 Å². The first-order chi connectivity index (χ1) is 11.7. The number of rotatable bonds is 5. The van der Waals surface area contributed by atoms with E-state index >= 15 is 0 Å². The smallest absolute Gasteiger partial charge is 0.336 e. The van der Waals surface area contributed by atoms with Gasteiger partial charge in [0.25, 0.3) is 0 Å². The van der Waals surface area contributed by atoms with Crippen LogP contribution in [0.4, 0.5) is 0 Å². The number of aryl methyl sites for hydroxylation is 1. The summed E-state index contributed by atoms with van der Waals surface area (Å²) in [6.45, 7) is 2.36. The lowest BCUT2D eigenvalue weighted by atomic mass is 10.1. The summed E-state index contributed by atoms with van der Waals surface area (Å²) >= 11 is 6.30. The normalized spacial score (nSPS) is 11.2. The number of hydrogen-bond donors (Lipinski definition) is 0. The van der Waals surface area contributed by atoms with Crippen LogP contribution in [0.1, 0.15) is 18.1 Å².